The zero-order chi connectivity index (χ0) is 15.8. The van der Waals surface area contributed by atoms with Crippen LogP contribution in [0.5, 0.6) is 0 Å². The third-order valence-corrected chi connectivity index (χ3v) is 5.57. The van der Waals surface area contributed by atoms with Crippen LogP contribution in [0.15, 0.2) is 17.0 Å². The van der Waals surface area contributed by atoms with Gasteiger partial charge in [0.05, 0.1) is 4.90 Å². The van der Waals surface area contributed by atoms with Crippen molar-refractivity contribution in [3.05, 3.63) is 17.7 Å². The van der Waals surface area contributed by atoms with E-state index in [1.165, 1.54) is 12.5 Å². The third-order valence-electron chi connectivity index (χ3n) is 4.53. The summed E-state index contributed by atoms with van der Waals surface area (Å²) in [6, 6.07) is 3.16. The molecule has 6 nitrogen and oxygen atoms in total. The first-order valence-corrected chi connectivity index (χ1v) is 8.55. The van der Waals surface area contributed by atoms with Gasteiger partial charge in [-0.3, -0.25) is 0 Å². The number of nitrogen functional groups attached to an aromatic ring is 1. The van der Waals surface area contributed by atoms with Crippen LogP contribution in [0.2, 0.25) is 0 Å². The molecule has 1 fully saturated rings. The van der Waals surface area contributed by atoms with Crippen molar-refractivity contribution in [2.45, 2.75) is 36.6 Å². The van der Waals surface area contributed by atoms with Crippen molar-refractivity contribution in [1.29, 1.82) is 0 Å². The number of nitrogens with zero attached hydrogens (tertiary/aromatic N) is 1. The van der Waals surface area contributed by atoms with Crippen LogP contribution in [0.1, 0.15) is 24.8 Å². The Kier molecular flexibility index (Phi) is 4.19. The molecule has 21 heavy (non-hydrogen) atoms. The van der Waals surface area contributed by atoms with Crippen molar-refractivity contribution in [1.82, 2.24) is 4.90 Å². The van der Waals surface area contributed by atoms with E-state index in [4.69, 9.17) is 10.9 Å². The predicted octanol–water partition coefficient (Wildman–Crippen LogP) is 1.12. The number of primary sulfonamides is 1. The standard InChI is InChI=1S/C14H24N4O2S/c1-10-12(7-11(15)8-13(10)21(16,19)20)17-9-14(18(2)3)5-4-6-14/h7-8,17H,4-6,9,15H2,1-3H3,(H2,16,19,20). The van der Waals surface area contributed by atoms with Crippen LogP contribution in [0.3, 0.4) is 0 Å². The Bertz CT molecular complexity index is 637. The molecule has 2 rings (SSSR count). The number of hydrogen-bond acceptors (Lipinski definition) is 5. The van der Waals surface area contributed by atoms with E-state index in [0.717, 1.165) is 25.1 Å². The molecule has 0 amide bonds. The van der Waals surface area contributed by atoms with Crippen molar-refractivity contribution in [3.63, 3.8) is 0 Å². The maximum absolute atomic E-state index is 11.6. The molecule has 0 bridgehead atoms. The fraction of sp³-hybridized carbons (Fsp3) is 0.571. The highest BCUT2D eigenvalue weighted by Gasteiger charge is 2.38. The van der Waals surface area contributed by atoms with Gasteiger partial charge < -0.3 is 16.0 Å². The van der Waals surface area contributed by atoms with E-state index in [9.17, 15) is 8.42 Å². The first-order chi connectivity index (χ1) is 9.66. The van der Waals surface area contributed by atoms with Crippen LogP contribution in [0, 0.1) is 6.92 Å². The average Bonchev–Trinajstić information content (AvgIpc) is 2.29. The maximum atomic E-state index is 11.6. The number of anilines is 2. The second-order valence-corrected chi connectivity index (χ2v) is 7.59. The number of hydrogen-bond donors (Lipinski definition) is 3. The SMILES string of the molecule is Cc1c(NCC2(N(C)C)CCC2)cc(N)cc1S(N)(=O)=O. The molecule has 0 aromatic heterocycles. The van der Waals surface area contributed by atoms with Crippen molar-refractivity contribution in [2.75, 3.05) is 31.7 Å². The van der Waals surface area contributed by atoms with Crippen molar-refractivity contribution >= 4 is 21.4 Å². The van der Waals surface area contributed by atoms with E-state index < -0.39 is 10.0 Å². The lowest BCUT2D eigenvalue weighted by atomic mass is 9.75. The van der Waals surface area contributed by atoms with Crippen LogP contribution in [-0.2, 0) is 10.0 Å². The highest BCUT2D eigenvalue weighted by atomic mass is 32.2. The van der Waals surface area contributed by atoms with Crippen LogP contribution >= 0.6 is 0 Å². The number of nitrogens with two attached hydrogens (primary N) is 2. The van der Waals surface area contributed by atoms with Crippen molar-refractivity contribution in [2.24, 2.45) is 5.14 Å². The lowest BCUT2D eigenvalue weighted by Gasteiger charge is -2.47. The minimum Gasteiger partial charge on any atom is -0.399 e. The van der Waals surface area contributed by atoms with Gasteiger partial charge in [-0.25, -0.2) is 13.6 Å². The van der Waals surface area contributed by atoms with E-state index >= 15 is 0 Å². The van der Waals surface area contributed by atoms with Gasteiger partial charge in [-0.15, -0.1) is 0 Å². The molecule has 1 aliphatic carbocycles. The molecule has 118 valence electrons. The molecule has 5 N–H and O–H groups in total. The smallest absolute Gasteiger partial charge is 0.238 e. The van der Waals surface area contributed by atoms with Gasteiger partial charge in [0.25, 0.3) is 0 Å². The van der Waals surface area contributed by atoms with Gasteiger partial charge in [-0.05, 0) is 58.0 Å². The lowest BCUT2D eigenvalue weighted by Crippen LogP contribution is -2.54. The van der Waals surface area contributed by atoms with E-state index in [-0.39, 0.29) is 10.4 Å². The van der Waals surface area contributed by atoms with Gasteiger partial charge in [0, 0.05) is 23.5 Å². The third kappa shape index (κ3) is 3.14. The summed E-state index contributed by atoms with van der Waals surface area (Å²) in [6.07, 6.45) is 3.49. The normalized spacial score (nSPS) is 17.6. The van der Waals surface area contributed by atoms with Gasteiger partial charge in [0.15, 0.2) is 0 Å². The number of benzene rings is 1. The lowest BCUT2D eigenvalue weighted by molar-refractivity contribution is 0.0739. The molecule has 0 unspecified atom stereocenters. The quantitative estimate of drug-likeness (QED) is 0.707. The molecule has 0 heterocycles. The minimum absolute atomic E-state index is 0.0810. The maximum Gasteiger partial charge on any atom is 0.238 e. The van der Waals surface area contributed by atoms with Gasteiger partial charge in [0.2, 0.25) is 10.0 Å². The minimum atomic E-state index is -3.77. The summed E-state index contributed by atoms with van der Waals surface area (Å²) in [7, 11) is 0.374. The second-order valence-electron chi connectivity index (χ2n) is 6.06. The fourth-order valence-electron chi connectivity index (χ4n) is 2.81. The molecular weight excluding hydrogens is 288 g/mol. The van der Waals surface area contributed by atoms with Gasteiger partial charge >= 0.3 is 0 Å². The molecule has 1 aliphatic rings. The van der Waals surface area contributed by atoms with Crippen LogP contribution in [-0.4, -0.2) is 39.5 Å². The van der Waals surface area contributed by atoms with Crippen LogP contribution in [0.4, 0.5) is 11.4 Å². The molecule has 1 aromatic carbocycles. The Balaban J connectivity index is 2.27. The zero-order valence-corrected chi connectivity index (χ0v) is 13.6. The van der Waals surface area contributed by atoms with E-state index in [0.29, 0.717) is 11.3 Å². The number of likely N-dealkylation sites (N-methyl/N-ethyl adjacent to an activating group) is 1. The topological polar surface area (TPSA) is 101 Å². The molecular formula is C14H24N4O2S. The molecule has 0 aliphatic heterocycles. The summed E-state index contributed by atoms with van der Waals surface area (Å²) in [4.78, 5) is 2.31. The van der Waals surface area contributed by atoms with Crippen molar-refractivity contribution in [3.8, 4) is 0 Å². The number of sulfonamides is 1. The molecule has 0 saturated heterocycles. The average molecular weight is 312 g/mol. The van der Waals surface area contributed by atoms with Gasteiger partial charge in [-0.2, -0.15) is 0 Å². The predicted molar refractivity (Wildman–Crippen MR) is 85.7 cm³/mol. The van der Waals surface area contributed by atoms with Crippen LogP contribution in [0.25, 0.3) is 0 Å². The summed E-state index contributed by atoms with van der Waals surface area (Å²) < 4.78 is 23.2. The number of nitrogens with one attached hydrogen (secondary N) is 1. The van der Waals surface area contributed by atoms with Crippen molar-refractivity contribution < 1.29 is 8.42 Å². The molecule has 0 atom stereocenters. The molecule has 1 aromatic rings. The van der Waals surface area contributed by atoms with Crippen LogP contribution < -0.4 is 16.2 Å². The summed E-state index contributed by atoms with van der Waals surface area (Å²) in [6.45, 7) is 2.50. The summed E-state index contributed by atoms with van der Waals surface area (Å²) in [5, 5.41) is 8.59. The summed E-state index contributed by atoms with van der Waals surface area (Å²) >= 11 is 0. The Morgan fingerprint density at radius 2 is 1.95 bits per heavy atom. The van der Waals surface area contributed by atoms with Gasteiger partial charge in [0.1, 0.15) is 0 Å². The van der Waals surface area contributed by atoms with E-state index in [1.54, 1.807) is 13.0 Å². The molecule has 0 spiro atoms. The fourth-order valence-corrected chi connectivity index (χ4v) is 3.65. The molecule has 1 saturated carbocycles. The first-order valence-electron chi connectivity index (χ1n) is 7.00. The highest BCUT2D eigenvalue weighted by Crippen LogP contribution is 2.37. The zero-order valence-electron chi connectivity index (χ0n) is 12.8. The molecule has 0 radical (unpaired) electrons. The monoisotopic (exact) mass is 312 g/mol. The first kappa shape index (κ1) is 16.1. The Hall–Kier alpha value is -1.31. The Labute approximate surface area is 126 Å². The number of rotatable bonds is 5. The van der Waals surface area contributed by atoms with E-state index in [2.05, 4.69) is 24.3 Å². The largest absolute Gasteiger partial charge is 0.399 e. The highest BCUT2D eigenvalue weighted by molar-refractivity contribution is 7.89. The van der Waals surface area contributed by atoms with E-state index in [1.807, 2.05) is 0 Å². The summed E-state index contributed by atoms with van der Waals surface area (Å²) in [5.74, 6) is 0. The Morgan fingerprint density at radius 1 is 1.33 bits per heavy atom. The molecule has 7 heteroatoms. The van der Waals surface area contributed by atoms with Gasteiger partial charge in [-0.1, -0.05) is 0 Å². The summed E-state index contributed by atoms with van der Waals surface area (Å²) in [5.41, 5.74) is 7.67. The second kappa shape index (κ2) is 5.47. The Morgan fingerprint density at radius 3 is 2.38 bits per heavy atom.